The van der Waals surface area contributed by atoms with Gasteiger partial charge in [-0.1, -0.05) is 23.4 Å². The van der Waals surface area contributed by atoms with Crippen molar-refractivity contribution in [2.24, 2.45) is 4.99 Å². The number of halogens is 1. The zero-order valence-electron chi connectivity index (χ0n) is 12.3. The highest BCUT2D eigenvalue weighted by atomic mass is 35.5. The number of ether oxygens (including phenoxy) is 1. The number of hydrogen-bond acceptors (Lipinski definition) is 6. The van der Waals surface area contributed by atoms with E-state index in [1.54, 1.807) is 35.9 Å². The normalized spacial score (nSPS) is 17.6. The lowest BCUT2D eigenvalue weighted by Crippen LogP contribution is -2.27. The fourth-order valence-corrected chi connectivity index (χ4v) is 3.39. The first-order chi connectivity index (χ1) is 10.7. The first-order valence-corrected chi connectivity index (χ1v) is 8.15. The molecule has 8 heteroatoms. The Morgan fingerprint density at radius 1 is 1.55 bits per heavy atom. The first-order valence-electron chi connectivity index (χ1n) is 6.90. The minimum atomic E-state index is 0.0659. The summed E-state index contributed by atoms with van der Waals surface area (Å²) < 4.78 is 7.06. The van der Waals surface area contributed by atoms with Crippen molar-refractivity contribution < 1.29 is 4.74 Å². The average molecular weight is 338 g/mol. The molecular formula is C14H16ClN5OS. The Kier molecular flexibility index (Phi) is 4.66. The van der Waals surface area contributed by atoms with Gasteiger partial charge in [-0.05, 0) is 19.1 Å². The molecule has 2 aromatic rings. The van der Waals surface area contributed by atoms with Gasteiger partial charge in [0.2, 0.25) is 0 Å². The second-order valence-electron chi connectivity index (χ2n) is 4.61. The van der Waals surface area contributed by atoms with Crippen LogP contribution in [0.15, 0.2) is 35.7 Å². The molecule has 0 amide bonds. The second kappa shape index (κ2) is 6.68. The average Bonchev–Trinajstić information content (AvgIpc) is 3.17. The van der Waals surface area contributed by atoms with Gasteiger partial charge in [0.1, 0.15) is 11.1 Å². The van der Waals surface area contributed by atoms with E-state index in [0.717, 1.165) is 23.1 Å². The Morgan fingerprint density at radius 3 is 3.05 bits per heavy atom. The van der Waals surface area contributed by atoms with Crippen molar-refractivity contribution in [3.05, 3.63) is 35.9 Å². The molecule has 0 spiro atoms. The van der Waals surface area contributed by atoms with Crippen LogP contribution in [0.4, 0.5) is 5.69 Å². The molecule has 22 heavy (non-hydrogen) atoms. The van der Waals surface area contributed by atoms with Crippen LogP contribution in [0.3, 0.4) is 0 Å². The van der Waals surface area contributed by atoms with Crippen LogP contribution in [0.5, 0.6) is 0 Å². The van der Waals surface area contributed by atoms with E-state index in [4.69, 9.17) is 16.3 Å². The summed E-state index contributed by atoms with van der Waals surface area (Å²) in [6.45, 7) is 3.46. The quantitative estimate of drug-likeness (QED) is 0.858. The zero-order chi connectivity index (χ0) is 15.5. The highest BCUT2D eigenvalue weighted by molar-refractivity contribution is 8.14. The minimum Gasteiger partial charge on any atom is -0.368 e. The lowest BCUT2D eigenvalue weighted by molar-refractivity contribution is 0.182. The van der Waals surface area contributed by atoms with Crippen molar-refractivity contribution in [2.45, 2.75) is 12.4 Å². The molecule has 116 valence electrons. The maximum absolute atomic E-state index is 6.33. The molecule has 0 aliphatic carbocycles. The number of anilines is 1. The molecular weight excluding hydrogens is 322 g/mol. The van der Waals surface area contributed by atoms with Gasteiger partial charge < -0.3 is 9.64 Å². The Balaban J connectivity index is 1.89. The maximum Gasteiger partial charge on any atom is 0.175 e. The summed E-state index contributed by atoms with van der Waals surface area (Å²) in [7, 11) is 1.69. The van der Waals surface area contributed by atoms with Crippen LogP contribution in [0.2, 0.25) is 5.15 Å². The summed E-state index contributed by atoms with van der Waals surface area (Å²) in [5.41, 5.74) is 1.76. The number of nitrogens with zero attached hydrogens (tertiary/aromatic N) is 5. The number of aliphatic imine (C=N–C) groups is 1. The Morgan fingerprint density at radius 2 is 2.41 bits per heavy atom. The third kappa shape index (κ3) is 2.97. The third-order valence-electron chi connectivity index (χ3n) is 3.28. The van der Waals surface area contributed by atoms with Gasteiger partial charge in [-0.15, -0.1) is 0 Å². The molecule has 1 aliphatic heterocycles. The summed E-state index contributed by atoms with van der Waals surface area (Å²) in [5.74, 6) is 0. The van der Waals surface area contributed by atoms with Crippen LogP contribution in [0, 0.1) is 0 Å². The maximum atomic E-state index is 6.33. The molecule has 2 aromatic heterocycles. The molecule has 0 saturated carbocycles. The van der Waals surface area contributed by atoms with E-state index in [1.807, 2.05) is 23.2 Å². The predicted molar refractivity (Wildman–Crippen MR) is 90.1 cm³/mol. The van der Waals surface area contributed by atoms with Crippen molar-refractivity contribution in [1.82, 2.24) is 14.8 Å². The summed E-state index contributed by atoms with van der Waals surface area (Å²) in [6, 6.07) is 3.79. The van der Waals surface area contributed by atoms with Crippen molar-refractivity contribution >= 4 is 34.2 Å². The highest BCUT2D eigenvalue weighted by Gasteiger charge is 2.26. The third-order valence-corrected chi connectivity index (χ3v) is 4.71. The van der Waals surface area contributed by atoms with Crippen molar-refractivity contribution in [2.75, 3.05) is 25.1 Å². The van der Waals surface area contributed by atoms with Gasteiger partial charge >= 0.3 is 0 Å². The summed E-state index contributed by atoms with van der Waals surface area (Å²) in [6.07, 6.45) is 5.36. The number of thioether (sulfide) groups is 1. The second-order valence-corrected chi connectivity index (χ2v) is 6.10. The van der Waals surface area contributed by atoms with Crippen LogP contribution < -0.4 is 4.90 Å². The van der Waals surface area contributed by atoms with Crippen LogP contribution >= 0.6 is 23.4 Å². The highest BCUT2D eigenvalue weighted by Crippen LogP contribution is 2.32. The van der Waals surface area contributed by atoms with Gasteiger partial charge in [-0.3, -0.25) is 9.98 Å². The lowest BCUT2D eigenvalue weighted by Gasteiger charge is -2.20. The minimum absolute atomic E-state index is 0.0659. The van der Waals surface area contributed by atoms with Crippen molar-refractivity contribution in [3.8, 4) is 5.69 Å². The molecule has 0 N–H and O–H groups in total. The number of methoxy groups -OCH3 is 1. The van der Waals surface area contributed by atoms with Gasteiger partial charge in [0.25, 0.3) is 0 Å². The molecule has 1 aliphatic rings. The van der Waals surface area contributed by atoms with E-state index in [2.05, 4.69) is 22.0 Å². The zero-order valence-corrected chi connectivity index (χ0v) is 13.9. The number of pyridine rings is 1. The summed E-state index contributed by atoms with van der Waals surface area (Å²) >= 11 is 7.93. The standard InChI is InChI=1S/C14H16ClN5OS/c1-3-19(14-17-8-12(21-2)22-14)11-9-20(18-13(11)15)10-5-4-6-16-7-10/h4-7,9,12H,3,8H2,1-2H3. The number of hydrogen-bond donors (Lipinski definition) is 0. The van der Waals surface area contributed by atoms with Gasteiger partial charge in [-0.2, -0.15) is 5.10 Å². The topological polar surface area (TPSA) is 55.5 Å². The fraction of sp³-hybridized carbons (Fsp3) is 0.357. The number of rotatable bonds is 4. The van der Waals surface area contributed by atoms with E-state index < -0.39 is 0 Å². The molecule has 0 saturated heterocycles. The van der Waals surface area contributed by atoms with Crippen molar-refractivity contribution in [1.29, 1.82) is 0 Å². The van der Waals surface area contributed by atoms with Crippen molar-refractivity contribution in [3.63, 3.8) is 0 Å². The van der Waals surface area contributed by atoms with Crippen LogP contribution in [-0.2, 0) is 4.74 Å². The fourth-order valence-electron chi connectivity index (χ4n) is 2.17. The van der Waals surface area contributed by atoms with Gasteiger partial charge in [0.05, 0.1) is 24.6 Å². The number of amidine groups is 1. The Hall–Kier alpha value is -1.57. The van der Waals surface area contributed by atoms with E-state index in [9.17, 15) is 0 Å². The molecule has 6 nitrogen and oxygen atoms in total. The lowest BCUT2D eigenvalue weighted by atomic mass is 10.4. The van der Waals surface area contributed by atoms with Gasteiger partial charge in [-0.25, -0.2) is 4.68 Å². The Labute approximate surface area is 138 Å². The predicted octanol–water partition coefficient (Wildman–Crippen LogP) is 2.82. The molecule has 3 heterocycles. The molecule has 0 fully saturated rings. The molecule has 0 radical (unpaired) electrons. The monoisotopic (exact) mass is 337 g/mol. The summed E-state index contributed by atoms with van der Waals surface area (Å²) in [4.78, 5) is 10.7. The molecule has 1 unspecified atom stereocenters. The van der Waals surface area contributed by atoms with Crippen LogP contribution in [0.25, 0.3) is 5.69 Å². The van der Waals surface area contributed by atoms with Crippen LogP contribution in [0.1, 0.15) is 6.92 Å². The van der Waals surface area contributed by atoms with E-state index in [1.165, 1.54) is 0 Å². The first kappa shape index (κ1) is 15.3. The largest absolute Gasteiger partial charge is 0.368 e. The van der Waals surface area contributed by atoms with Gasteiger partial charge in [0.15, 0.2) is 10.3 Å². The number of aromatic nitrogens is 3. The Bertz CT molecular complexity index is 675. The molecule has 3 rings (SSSR count). The smallest absolute Gasteiger partial charge is 0.175 e. The van der Waals surface area contributed by atoms with Crippen LogP contribution in [-0.4, -0.2) is 45.6 Å². The van der Waals surface area contributed by atoms with Gasteiger partial charge in [0, 0.05) is 19.9 Å². The van der Waals surface area contributed by atoms with E-state index >= 15 is 0 Å². The molecule has 0 aromatic carbocycles. The molecule has 1 atom stereocenters. The van der Waals surface area contributed by atoms with E-state index in [-0.39, 0.29) is 5.44 Å². The SMILES string of the molecule is CCN(C1=NCC(OC)S1)c1cn(-c2cccnc2)nc1Cl. The van der Waals surface area contributed by atoms with E-state index in [0.29, 0.717) is 11.7 Å². The molecule has 0 bridgehead atoms. The summed E-state index contributed by atoms with van der Waals surface area (Å²) in [5, 5.41) is 5.71.